The molecule has 5 aromatic carbocycles. The number of para-hydroxylation sites is 2. The van der Waals surface area contributed by atoms with E-state index in [2.05, 4.69) is 0 Å². The van der Waals surface area contributed by atoms with Crippen LogP contribution in [0.4, 0.5) is 17.1 Å². The van der Waals surface area contributed by atoms with Gasteiger partial charge in [-0.25, -0.2) is 4.98 Å². The van der Waals surface area contributed by atoms with Crippen molar-refractivity contribution in [3.8, 4) is 0 Å². The van der Waals surface area contributed by atoms with E-state index in [0.717, 1.165) is 38.5 Å². The fraction of sp³-hybridized carbons (Fsp3) is 0.0606. The largest absolute Gasteiger partial charge is 0.269 e. The number of hydrazone groups is 1. The first-order valence-electron chi connectivity index (χ1n) is 13.8. The third-order valence-electron chi connectivity index (χ3n) is 8.29. The van der Waals surface area contributed by atoms with E-state index in [-0.39, 0.29) is 16.9 Å². The van der Waals surface area contributed by atoms with Gasteiger partial charge < -0.3 is 0 Å². The Balaban J connectivity index is 1.33. The normalized spacial score (nSPS) is 15.0. The second kappa shape index (κ2) is 9.39. The van der Waals surface area contributed by atoms with Crippen LogP contribution < -0.4 is 10.6 Å². The van der Waals surface area contributed by atoms with Crippen LogP contribution in [0.5, 0.6) is 0 Å². The van der Waals surface area contributed by atoms with Crippen LogP contribution in [-0.4, -0.2) is 24.9 Å². The lowest BCUT2D eigenvalue weighted by atomic mass is 9.92. The zero-order valence-corrected chi connectivity index (χ0v) is 22.8. The molecule has 1 atom stereocenters. The molecule has 0 amide bonds. The summed E-state index contributed by atoms with van der Waals surface area (Å²) in [6.07, 6.45) is 0.406. The van der Waals surface area contributed by atoms with E-state index in [9.17, 15) is 25.0 Å². The summed E-state index contributed by atoms with van der Waals surface area (Å²) < 4.78 is 1.66. The summed E-state index contributed by atoms with van der Waals surface area (Å²) in [5.74, 6) is 0. The molecule has 0 spiro atoms. The Labute approximate surface area is 247 Å². The van der Waals surface area contributed by atoms with Gasteiger partial charge in [0.15, 0.2) is 0 Å². The molecule has 7 aromatic rings. The van der Waals surface area contributed by atoms with E-state index >= 15 is 0 Å². The van der Waals surface area contributed by atoms with Crippen LogP contribution in [-0.2, 0) is 0 Å². The lowest BCUT2D eigenvalue weighted by molar-refractivity contribution is -0.385. The summed E-state index contributed by atoms with van der Waals surface area (Å²) in [5, 5.41) is 32.7. The van der Waals surface area contributed by atoms with Crippen molar-refractivity contribution in [2.24, 2.45) is 5.10 Å². The highest BCUT2D eigenvalue weighted by Gasteiger charge is 2.32. The molecule has 11 nitrogen and oxygen atoms in total. The van der Waals surface area contributed by atoms with Crippen LogP contribution in [0.25, 0.3) is 38.2 Å². The average molecular weight is 581 g/mol. The van der Waals surface area contributed by atoms with Crippen LogP contribution in [0.1, 0.15) is 23.6 Å². The molecule has 0 N–H and O–H groups in total. The van der Waals surface area contributed by atoms with E-state index in [0.29, 0.717) is 28.7 Å². The number of hydrogen-bond acceptors (Lipinski definition) is 8. The van der Waals surface area contributed by atoms with Gasteiger partial charge in [-0.1, -0.05) is 48.5 Å². The summed E-state index contributed by atoms with van der Waals surface area (Å²) in [6, 6.07) is 29.2. The first-order chi connectivity index (χ1) is 21.4. The van der Waals surface area contributed by atoms with Crippen LogP contribution in [0.15, 0.2) is 113 Å². The SMILES string of the molecule is O=c1c2ccc(C3=NN(c4ccc([N+](=O)[O-])cc4)C(c4cccc([N+](=O)[O-])c4)C3)c3cccc(c32)c2nc3ccccc3n12. The van der Waals surface area contributed by atoms with E-state index in [1.165, 1.54) is 24.3 Å². The number of nitro benzene ring substituents is 2. The Kier molecular flexibility index (Phi) is 5.44. The molecule has 0 saturated carbocycles. The standard InChI is InChI=1S/C33H20N6O5/c40-33-26-16-15-23(24-7-4-8-25(31(24)26)32-34-27-9-1-2-10-29(27)36(32)33)28-18-30(19-5-3-6-22(17-19)39(43)44)37(35-28)20-11-13-21(14-12-20)38(41)42/h1-17,30H,18H2. The summed E-state index contributed by atoms with van der Waals surface area (Å²) in [6.45, 7) is 0. The Hall–Kier alpha value is -6.23. The highest BCUT2D eigenvalue weighted by molar-refractivity contribution is 6.22. The van der Waals surface area contributed by atoms with Gasteiger partial charge >= 0.3 is 0 Å². The monoisotopic (exact) mass is 580 g/mol. The lowest BCUT2D eigenvalue weighted by Crippen LogP contribution is -2.18. The molecular weight excluding hydrogens is 560 g/mol. The molecule has 2 aromatic heterocycles. The predicted molar refractivity (Wildman–Crippen MR) is 168 cm³/mol. The number of pyridine rings is 1. The molecule has 0 fully saturated rings. The zero-order valence-electron chi connectivity index (χ0n) is 22.8. The Morgan fingerprint density at radius 3 is 2.30 bits per heavy atom. The Morgan fingerprint density at radius 1 is 0.750 bits per heavy atom. The first-order valence-corrected chi connectivity index (χ1v) is 13.8. The quantitative estimate of drug-likeness (QED) is 0.162. The maximum Gasteiger partial charge on any atom is 0.269 e. The lowest BCUT2D eigenvalue weighted by Gasteiger charge is -2.23. The molecule has 0 radical (unpaired) electrons. The summed E-state index contributed by atoms with van der Waals surface area (Å²) in [7, 11) is 0. The van der Waals surface area contributed by atoms with E-state index in [1.807, 2.05) is 60.7 Å². The minimum Gasteiger partial charge on any atom is -0.268 e. The van der Waals surface area contributed by atoms with Crippen molar-refractivity contribution in [3.63, 3.8) is 0 Å². The second-order valence-electron chi connectivity index (χ2n) is 10.7. The van der Waals surface area contributed by atoms with Crippen LogP contribution in [0, 0.1) is 20.2 Å². The van der Waals surface area contributed by atoms with Crippen molar-refractivity contribution < 1.29 is 9.85 Å². The molecule has 1 aliphatic rings. The van der Waals surface area contributed by atoms with Gasteiger partial charge in [-0.15, -0.1) is 0 Å². The highest BCUT2D eigenvalue weighted by Crippen LogP contribution is 2.40. The molecular formula is C33H20N6O5. The zero-order chi connectivity index (χ0) is 30.1. The van der Waals surface area contributed by atoms with Gasteiger partial charge in [-0.3, -0.25) is 34.4 Å². The fourth-order valence-corrected chi connectivity index (χ4v) is 6.30. The van der Waals surface area contributed by atoms with Gasteiger partial charge in [-0.05, 0) is 41.3 Å². The highest BCUT2D eigenvalue weighted by atomic mass is 16.6. The molecule has 1 aliphatic heterocycles. The minimum absolute atomic E-state index is 0.0393. The number of imidazole rings is 1. The minimum atomic E-state index is -0.467. The molecule has 3 heterocycles. The summed E-state index contributed by atoms with van der Waals surface area (Å²) >= 11 is 0. The number of nitro groups is 2. The van der Waals surface area contributed by atoms with E-state index in [4.69, 9.17) is 10.1 Å². The number of anilines is 1. The van der Waals surface area contributed by atoms with Crippen LogP contribution >= 0.6 is 0 Å². The van der Waals surface area contributed by atoms with Gasteiger partial charge in [0.1, 0.15) is 5.65 Å². The number of hydrogen-bond donors (Lipinski definition) is 0. The second-order valence-corrected chi connectivity index (χ2v) is 10.7. The molecule has 44 heavy (non-hydrogen) atoms. The summed E-state index contributed by atoms with van der Waals surface area (Å²) in [4.78, 5) is 40.6. The number of fused-ring (bicyclic) bond motifs is 4. The number of rotatable bonds is 5. The number of aromatic nitrogens is 2. The molecule has 0 bridgehead atoms. The molecule has 0 saturated heterocycles. The fourth-order valence-electron chi connectivity index (χ4n) is 6.30. The van der Waals surface area contributed by atoms with Crippen molar-refractivity contribution in [2.75, 3.05) is 5.01 Å². The molecule has 8 rings (SSSR count). The van der Waals surface area contributed by atoms with Gasteiger partial charge in [0.2, 0.25) is 0 Å². The smallest absolute Gasteiger partial charge is 0.268 e. The molecule has 11 heteroatoms. The number of nitrogens with zero attached hydrogens (tertiary/aromatic N) is 6. The van der Waals surface area contributed by atoms with Gasteiger partial charge in [-0.2, -0.15) is 5.10 Å². The number of benzene rings is 5. The molecule has 0 aliphatic carbocycles. The Morgan fingerprint density at radius 2 is 1.50 bits per heavy atom. The predicted octanol–water partition coefficient (Wildman–Crippen LogP) is 6.76. The van der Waals surface area contributed by atoms with Crippen molar-refractivity contribution >= 4 is 61.0 Å². The van der Waals surface area contributed by atoms with Crippen LogP contribution in [0.3, 0.4) is 0 Å². The third kappa shape index (κ3) is 3.72. The van der Waals surface area contributed by atoms with E-state index in [1.54, 1.807) is 27.6 Å². The van der Waals surface area contributed by atoms with Crippen molar-refractivity contribution in [1.29, 1.82) is 0 Å². The number of non-ortho nitro benzene ring substituents is 2. The van der Waals surface area contributed by atoms with Crippen molar-refractivity contribution in [1.82, 2.24) is 9.38 Å². The van der Waals surface area contributed by atoms with Crippen LogP contribution in [0.2, 0.25) is 0 Å². The average Bonchev–Trinajstić information content (AvgIpc) is 3.66. The Bertz CT molecular complexity index is 2420. The maximum absolute atomic E-state index is 13.8. The molecule has 212 valence electrons. The molecule has 1 unspecified atom stereocenters. The summed E-state index contributed by atoms with van der Waals surface area (Å²) in [5.41, 5.74) is 4.65. The first kappa shape index (κ1) is 25.5. The van der Waals surface area contributed by atoms with Gasteiger partial charge in [0.05, 0.1) is 38.3 Å². The topological polar surface area (TPSA) is 136 Å². The van der Waals surface area contributed by atoms with Crippen molar-refractivity contribution in [2.45, 2.75) is 12.5 Å². The van der Waals surface area contributed by atoms with Gasteiger partial charge in [0, 0.05) is 52.4 Å². The van der Waals surface area contributed by atoms with E-state index < -0.39 is 15.9 Å². The van der Waals surface area contributed by atoms with Gasteiger partial charge in [0.25, 0.3) is 16.9 Å². The maximum atomic E-state index is 13.8. The van der Waals surface area contributed by atoms with Crippen molar-refractivity contribution in [3.05, 3.63) is 145 Å². The third-order valence-corrected chi connectivity index (χ3v) is 8.29.